The van der Waals surface area contributed by atoms with Crippen LogP contribution in [0, 0.1) is 0 Å². The van der Waals surface area contributed by atoms with Crippen LogP contribution in [0.2, 0.25) is 5.02 Å². The molecule has 1 atom stereocenters. The third-order valence-electron chi connectivity index (χ3n) is 3.27. The summed E-state index contributed by atoms with van der Waals surface area (Å²) in [6, 6.07) is 6.39. The van der Waals surface area contributed by atoms with Crippen molar-refractivity contribution in [3.63, 3.8) is 0 Å². The second kappa shape index (κ2) is 5.71. The molecule has 1 heterocycles. The first-order valence-electron chi connectivity index (χ1n) is 6.06. The molecule has 1 saturated heterocycles. The standard InChI is InChI=1S/C13H19ClN2O/c1-2-11-9-17-6-5-16(11)8-10-3-4-13(15)12(14)7-10/h3-4,7,11H,2,5-6,8-9,15H2,1H3. The van der Waals surface area contributed by atoms with E-state index in [-0.39, 0.29) is 0 Å². The average Bonchev–Trinajstić information content (AvgIpc) is 2.34. The Kier molecular flexibility index (Phi) is 4.26. The number of ether oxygens (including phenoxy) is 1. The molecule has 1 aromatic carbocycles. The highest BCUT2D eigenvalue weighted by Crippen LogP contribution is 2.22. The number of hydrogen-bond donors (Lipinski definition) is 1. The fourth-order valence-electron chi connectivity index (χ4n) is 2.18. The van der Waals surface area contributed by atoms with Crippen molar-refractivity contribution in [3.8, 4) is 0 Å². The quantitative estimate of drug-likeness (QED) is 0.843. The van der Waals surface area contributed by atoms with E-state index in [0.717, 1.165) is 32.7 Å². The largest absolute Gasteiger partial charge is 0.398 e. The summed E-state index contributed by atoms with van der Waals surface area (Å²) in [5.41, 5.74) is 7.57. The molecule has 0 bridgehead atoms. The normalized spacial score (nSPS) is 21.6. The van der Waals surface area contributed by atoms with E-state index >= 15 is 0 Å². The number of hydrogen-bond acceptors (Lipinski definition) is 3. The molecule has 0 spiro atoms. The van der Waals surface area contributed by atoms with Gasteiger partial charge in [-0.25, -0.2) is 0 Å². The third kappa shape index (κ3) is 3.12. The Balaban J connectivity index is 2.05. The number of halogens is 1. The van der Waals surface area contributed by atoms with Gasteiger partial charge < -0.3 is 10.5 Å². The molecule has 17 heavy (non-hydrogen) atoms. The van der Waals surface area contributed by atoms with Crippen LogP contribution >= 0.6 is 11.6 Å². The van der Waals surface area contributed by atoms with Gasteiger partial charge in [-0.1, -0.05) is 24.6 Å². The van der Waals surface area contributed by atoms with E-state index in [1.54, 1.807) is 0 Å². The molecule has 0 aliphatic carbocycles. The van der Waals surface area contributed by atoms with Crippen LogP contribution in [-0.4, -0.2) is 30.7 Å². The predicted molar refractivity (Wildman–Crippen MR) is 71.2 cm³/mol. The summed E-state index contributed by atoms with van der Waals surface area (Å²) in [6.45, 7) is 5.75. The summed E-state index contributed by atoms with van der Waals surface area (Å²) in [6.07, 6.45) is 1.11. The maximum atomic E-state index is 6.03. The molecule has 1 aromatic rings. The second-order valence-corrected chi connectivity index (χ2v) is 4.87. The minimum atomic E-state index is 0.514. The van der Waals surface area contributed by atoms with Crippen molar-refractivity contribution in [1.29, 1.82) is 0 Å². The molecular formula is C13H19ClN2O. The third-order valence-corrected chi connectivity index (χ3v) is 3.60. The predicted octanol–water partition coefficient (Wildman–Crippen LogP) is 2.53. The molecule has 0 aromatic heterocycles. The molecule has 1 unspecified atom stereocenters. The number of nitrogen functional groups attached to an aromatic ring is 1. The Bertz CT molecular complexity index is 384. The van der Waals surface area contributed by atoms with Crippen molar-refractivity contribution in [3.05, 3.63) is 28.8 Å². The second-order valence-electron chi connectivity index (χ2n) is 4.46. The molecule has 4 heteroatoms. The minimum absolute atomic E-state index is 0.514. The van der Waals surface area contributed by atoms with Gasteiger partial charge in [-0.05, 0) is 24.1 Å². The van der Waals surface area contributed by atoms with Crippen LogP contribution in [0.1, 0.15) is 18.9 Å². The van der Waals surface area contributed by atoms with E-state index in [4.69, 9.17) is 22.1 Å². The topological polar surface area (TPSA) is 38.5 Å². The molecule has 94 valence electrons. The van der Waals surface area contributed by atoms with Gasteiger partial charge in [-0.2, -0.15) is 0 Å². The minimum Gasteiger partial charge on any atom is -0.398 e. The van der Waals surface area contributed by atoms with Crippen molar-refractivity contribution < 1.29 is 4.74 Å². The van der Waals surface area contributed by atoms with Gasteiger partial charge in [0.1, 0.15) is 0 Å². The van der Waals surface area contributed by atoms with E-state index in [0.29, 0.717) is 16.8 Å². The molecule has 2 rings (SSSR count). The Hall–Kier alpha value is -0.770. The van der Waals surface area contributed by atoms with Gasteiger partial charge in [0.15, 0.2) is 0 Å². The summed E-state index contributed by atoms with van der Waals surface area (Å²) in [4.78, 5) is 2.45. The number of rotatable bonds is 3. The number of nitrogens with zero attached hydrogens (tertiary/aromatic N) is 1. The van der Waals surface area contributed by atoms with Crippen LogP contribution in [0.4, 0.5) is 5.69 Å². The van der Waals surface area contributed by atoms with E-state index < -0.39 is 0 Å². The molecule has 1 fully saturated rings. The van der Waals surface area contributed by atoms with Crippen molar-refractivity contribution >= 4 is 17.3 Å². The SMILES string of the molecule is CCC1COCCN1Cc1ccc(N)c(Cl)c1. The lowest BCUT2D eigenvalue weighted by Gasteiger charge is -2.35. The molecular weight excluding hydrogens is 236 g/mol. The number of morpholine rings is 1. The number of benzene rings is 1. The molecule has 3 nitrogen and oxygen atoms in total. The molecule has 1 aliphatic rings. The first kappa shape index (κ1) is 12.7. The first-order chi connectivity index (χ1) is 8.20. The Morgan fingerprint density at radius 1 is 1.53 bits per heavy atom. The van der Waals surface area contributed by atoms with Gasteiger partial charge in [0, 0.05) is 19.1 Å². The van der Waals surface area contributed by atoms with Crippen molar-refractivity contribution in [2.24, 2.45) is 0 Å². The fraction of sp³-hybridized carbons (Fsp3) is 0.538. The van der Waals surface area contributed by atoms with Gasteiger partial charge in [0.05, 0.1) is 23.9 Å². The maximum Gasteiger partial charge on any atom is 0.0638 e. The maximum absolute atomic E-state index is 6.03. The highest BCUT2D eigenvalue weighted by Gasteiger charge is 2.21. The lowest BCUT2D eigenvalue weighted by atomic mass is 10.1. The number of anilines is 1. The van der Waals surface area contributed by atoms with Gasteiger partial charge in [0.2, 0.25) is 0 Å². The summed E-state index contributed by atoms with van der Waals surface area (Å²) in [7, 11) is 0. The number of nitrogens with two attached hydrogens (primary N) is 1. The summed E-state index contributed by atoms with van der Waals surface area (Å²) in [5.74, 6) is 0. The Morgan fingerprint density at radius 2 is 2.35 bits per heavy atom. The van der Waals surface area contributed by atoms with Crippen molar-refractivity contribution in [2.45, 2.75) is 25.9 Å². The van der Waals surface area contributed by atoms with Gasteiger partial charge >= 0.3 is 0 Å². The van der Waals surface area contributed by atoms with Crippen LogP contribution in [-0.2, 0) is 11.3 Å². The molecule has 0 saturated carbocycles. The smallest absolute Gasteiger partial charge is 0.0638 e. The van der Waals surface area contributed by atoms with Crippen molar-refractivity contribution in [2.75, 3.05) is 25.5 Å². The Labute approximate surface area is 107 Å². The van der Waals surface area contributed by atoms with Crippen molar-refractivity contribution in [1.82, 2.24) is 4.90 Å². The molecule has 2 N–H and O–H groups in total. The summed E-state index contributed by atoms with van der Waals surface area (Å²) in [5, 5.41) is 0.642. The summed E-state index contributed by atoms with van der Waals surface area (Å²) >= 11 is 6.03. The lowest BCUT2D eigenvalue weighted by molar-refractivity contribution is -0.0127. The zero-order valence-corrected chi connectivity index (χ0v) is 10.9. The van der Waals surface area contributed by atoms with Gasteiger partial charge in [-0.3, -0.25) is 4.90 Å². The van der Waals surface area contributed by atoms with Crippen LogP contribution in [0.3, 0.4) is 0 Å². The highest BCUT2D eigenvalue weighted by molar-refractivity contribution is 6.33. The van der Waals surface area contributed by atoms with Gasteiger partial charge in [0.25, 0.3) is 0 Å². The van der Waals surface area contributed by atoms with Crippen LogP contribution in [0.15, 0.2) is 18.2 Å². The molecule has 1 aliphatic heterocycles. The monoisotopic (exact) mass is 254 g/mol. The molecule has 0 radical (unpaired) electrons. The van der Waals surface area contributed by atoms with Gasteiger partial charge in [-0.15, -0.1) is 0 Å². The first-order valence-corrected chi connectivity index (χ1v) is 6.44. The zero-order valence-electron chi connectivity index (χ0n) is 10.2. The Morgan fingerprint density at radius 3 is 3.06 bits per heavy atom. The molecule has 0 amide bonds. The lowest BCUT2D eigenvalue weighted by Crippen LogP contribution is -2.44. The summed E-state index contributed by atoms with van der Waals surface area (Å²) < 4.78 is 5.50. The van der Waals surface area contributed by atoms with E-state index in [9.17, 15) is 0 Å². The van der Waals surface area contributed by atoms with Crippen LogP contribution in [0.25, 0.3) is 0 Å². The van der Waals surface area contributed by atoms with Crippen LogP contribution in [0.5, 0.6) is 0 Å². The average molecular weight is 255 g/mol. The fourth-order valence-corrected chi connectivity index (χ4v) is 2.38. The van der Waals surface area contributed by atoms with E-state index in [1.165, 1.54) is 5.56 Å². The van der Waals surface area contributed by atoms with Crippen LogP contribution < -0.4 is 5.73 Å². The zero-order chi connectivity index (χ0) is 12.3. The van der Waals surface area contributed by atoms with E-state index in [2.05, 4.69) is 11.8 Å². The van der Waals surface area contributed by atoms with E-state index in [1.807, 2.05) is 18.2 Å². The highest BCUT2D eigenvalue weighted by atomic mass is 35.5.